The lowest BCUT2D eigenvalue weighted by molar-refractivity contribution is 0.0949. The number of hydrogen-bond donors (Lipinski definition) is 1. The van der Waals surface area contributed by atoms with E-state index in [1.807, 2.05) is 6.08 Å². The number of benzene rings is 1. The summed E-state index contributed by atoms with van der Waals surface area (Å²) in [5.41, 5.74) is 1.88. The van der Waals surface area contributed by atoms with Gasteiger partial charge in [0.15, 0.2) is 5.58 Å². The van der Waals surface area contributed by atoms with E-state index in [1.54, 1.807) is 50.9 Å². The predicted molar refractivity (Wildman–Crippen MR) is 103 cm³/mol. The van der Waals surface area contributed by atoms with Crippen molar-refractivity contribution in [2.24, 2.45) is 0 Å². The summed E-state index contributed by atoms with van der Waals surface area (Å²) in [7, 11) is 3.10. The lowest BCUT2D eigenvalue weighted by Crippen LogP contribution is -2.30. The summed E-state index contributed by atoms with van der Waals surface area (Å²) >= 11 is 1.51. The number of nitrogens with zero attached hydrogens (tertiary/aromatic N) is 2. The second-order valence-electron chi connectivity index (χ2n) is 5.85. The van der Waals surface area contributed by atoms with Crippen LogP contribution in [0.25, 0.3) is 16.0 Å². The first-order valence-corrected chi connectivity index (χ1v) is 9.16. The minimum absolute atomic E-state index is 0.0992. The Hall–Kier alpha value is -3.00. The highest BCUT2D eigenvalue weighted by molar-refractivity contribution is 8.09. The van der Waals surface area contributed by atoms with Crippen LogP contribution in [0.1, 0.15) is 22.7 Å². The van der Waals surface area contributed by atoms with Gasteiger partial charge >= 0.3 is 0 Å². The minimum Gasteiger partial charge on any atom is -0.497 e. The molecular formula is C19H17N3O4S. The number of thioether (sulfide) groups is 1. The maximum atomic E-state index is 12.6. The summed E-state index contributed by atoms with van der Waals surface area (Å²) < 4.78 is 16.2. The van der Waals surface area contributed by atoms with Crippen LogP contribution in [-0.2, 0) is 0 Å². The Bertz CT molecular complexity index is 975. The molecule has 1 aliphatic heterocycles. The normalized spacial score (nSPS) is 16.2. The SMILES string of the molecule is COc1cc(OC)cc(C(=O)NC2CC=C(c3nc4cnccc4o3)S2)c1. The van der Waals surface area contributed by atoms with Gasteiger partial charge in [0.05, 0.1) is 30.7 Å². The van der Waals surface area contributed by atoms with Crippen molar-refractivity contribution in [3.63, 3.8) is 0 Å². The highest BCUT2D eigenvalue weighted by atomic mass is 32.2. The Balaban J connectivity index is 1.45. The number of hydrogen-bond acceptors (Lipinski definition) is 7. The zero-order valence-electron chi connectivity index (χ0n) is 14.8. The van der Waals surface area contributed by atoms with E-state index in [2.05, 4.69) is 15.3 Å². The molecule has 8 heteroatoms. The number of amides is 1. The molecule has 0 radical (unpaired) electrons. The fourth-order valence-corrected chi connectivity index (χ4v) is 3.79. The van der Waals surface area contributed by atoms with Crippen LogP contribution in [0.3, 0.4) is 0 Å². The van der Waals surface area contributed by atoms with Crippen molar-refractivity contribution in [1.29, 1.82) is 0 Å². The van der Waals surface area contributed by atoms with E-state index in [9.17, 15) is 4.79 Å². The maximum Gasteiger partial charge on any atom is 0.252 e. The zero-order valence-corrected chi connectivity index (χ0v) is 15.6. The van der Waals surface area contributed by atoms with Gasteiger partial charge in [0.1, 0.15) is 17.0 Å². The van der Waals surface area contributed by atoms with Crippen LogP contribution in [0.4, 0.5) is 0 Å². The highest BCUT2D eigenvalue weighted by Gasteiger charge is 2.24. The Kier molecular flexibility index (Phi) is 4.72. The molecule has 0 fully saturated rings. The number of rotatable bonds is 5. The second-order valence-corrected chi connectivity index (χ2v) is 7.09. The molecule has 0 spiro atoms. The van der Waals surface area contributed by atoms with Crippen molar-refractivity contribution in [1.82, 2.24) is 15.3 Å². The summed E-state index contributed by atoms with van der Waals surface area (Å²) in [6.07, 6.45) is 6.03. The summed E-state index contributed by atoms with van der Waals surface area (Å²) in [6.45, 7) is 0. The number of carbonyl (C=O) groups excluding carboxylic acids is 1. The lowest BCUT2D eigenvalue weighted by atomic mass is 10.2. The first-order valence-electron chi connectivity index (χ1n) is 8.28. The van der Waals surface area contributed by atoms with Gasteiger partial charge in [-0.2, -0.15) is 0 Å². The standard InChI is InChI=1S/C19H17N3O4S/c1-24-12-7-11(8-13(9-12)25-2)18(23)22-17-4-3-16(27-17)19-21-14-10-20-6-5-15(14)26-19/h3,5-10,17H,4H2,1-2H3,(H,22,23). The van der Waals surface area contributed by atoms with Gasteiger partial charge in [-0.1, -0.05) is 17.8 Å². The number of nitrogens with one attached hydrogen (secondary N) is 1. The molecule has 1 aromatic carbocycles. The number of carbonyl (C=O) groups is 1. The van der Waals surface area contributed by atoms with E-state index >= 15 is 0 Å². The molecule has 1 N–H and O–H groups in total. The molecule has 1 atom stereocenters. The van der Waals surface area contributed by atoms with Crippen LogP contribution in [0.5, 0.6) is 11.5 Å². The van der Waals surface area contributed by atoms with Crippen molar-refractivity contribution < 1.29 is 18.7 Å². The van der Waals surface area contributed by atoms with Gasteiger partial charge in [-0.3, -0.25) is 9.78 Å². The lowest BCUT2D eigenvalue weighted by Gasteiger charge is -2.13. The highest BCUT2D eigenvalue weighted by Crippen LogP contribution is 2.38. The van der Waals surface area contributed by atoms with Crippen molar-refractivity contribution in [2.75, 3.05) is 14.2 Å². The number of methoxy groups -OCH3 is 2. The Labute approximate surface area is 159 Å². The molecule has 4 rings (SSSR count). The van der Waals surface area contributed by atoms with Gasteiger partial charge in [-0.05, 0) is 18.6 Å². The largest absolute Gasteiger partial charge is 0.497 e. The van der Waals surface area contributed by atoms with Gasteiger partial charge in [-0.25, -0.2) is 4.98 Å². The van der Waals surface area contributed by atoms with E-state index in [-0.39, 0.29) is 11.3 Å². The average molecular weight is 383 g/mol. The fraction of sp³-hybridized carbons (Fsp3) is 0.211. The summed E-state index contributed by atoms with van der Waals surface area (Å²) in [5.74, 6) is 1.49. The van der Waals surface area contributed by atoms with Gasteiger partial charge in [0.25, 0.3) is 5.91 Å². The number of oxazole rings is 1. The van der Waals surface area contributed by atoms with Crippen molar-refractivity contribution in [3.05, 3.63) is 54.2 Å². The van der Waals surface area contributed by atoms with E-state index in [0.29, 0.717) is 40.5 Å². The van der Waals surface area contributed by atoms with Gasteiger partial charge in [-0.15, -0.1) is 0 Å². The quantitative estimate of drug-likeness (QED) is 0.722. The first-order chi connectivity index (χ1) is 13.2. The summed E-state index contributed by atoms with van der Waals surface area (Å²) in [6, 6.07) is 6.86. The van der Waals surface area contributed by atoms with Gasteiger partial charge < -0.3 is 19.2 Å². The Morgan fingerprint density at radius 3 is 2.74 bits per heavy atom. The van der Waals surface area contributed by atoms with E-state index < -0.39 is 0 Å². The maximum absolute atomic E-state index is 12.6. The predicted octanol–water partition coefficient (Wildman–Crippen LogP) is 3.47. The molecule has 0 aliphatic carbocycles. The van der Waals surface area contributed by atoms with Crippen LogP contribution in [0.15, 0.2) is 47.2 Å². The number of fused-ring (bicyclic) bond motifs is 1. The molecule has 7 nitrogen and oxygen atoms in total. The van der Waals surface area contributed by atoms with Crippen molar-refractivity contribution in [3.8, 4) is 11.5 Å². The summed E-state index contributed by atoms with van der Waals surface area (Å²) in [5, 5.41) is 2.91. The fourth-order valence-electron chi connectivity index (χ4n) is 2.74. The van der Waals surface area contributed by atoms with Crippen LogP contribution in [0.2, 0.25) is 0 Å². The topological polar surface area (TPSA) is 86.5 Å². The third-order valence-corrected chi connectivity index (χ3v) is 5.28. The van der Waals surface area contributed by atoms with Crippen LogP contribution < -0.4 is 14.8 Å². The molecule has 138 valence electrons. The van der Waals surface area contributed by atoms with E-state index in [0.717, 1.165) is 4.91 Å². The van der Waals surface area contributed by atoms with Crippen molar-refractivity contribution in [2.45, 2.75) is 11.8 Å². The van der Waals surface area contributed by atoms with Gasteiger partial charge in [0.2, 0.25) is 5.89 Å². The molecule has 3 heterocycles. The zero-order chi connectivity index (χ0) is 18.8. The molecular weight excluding hydrogens is 366 g/mol. The monoisotopic (exact) mass is 383 g/mol. The summed E-state index contributed by atoms with van der Waals surface area (Å²) in [4.78, 5) is 22.0. The molecule has 2 aromatic heterocycles. The molecule has 1 amide bonds. The number of ether oxygens (including phenoxy) is 2. The molecule has 0 bridgehead atoms. The van der Waals surface area contributed by atoms with Crippen LogP contribution in [-0.4, -0.2) is 35.5 Å². The molecule has 1 aliphatic rings. The number of pyridine rings is 1. The molecule has 1 unspecified atom stereocenters. The Morgan fingerprint density at radius 2 is 2.04 bits per heavy atom. The minimum atomic E-state index is -0.193. The Morgan fingerprint density at radius 1 is 1.26 bits per heavy atom. The van der Waals surface area contributed by atoms with Crippen LogP contribution >= 0.6 is 11.8 Å². The molecule has 3 aromatic rings. The van der Waals surface area contributed by atoms with E-state index in [4.69, 9.17) is 13.9 Å². The molecule has 0 saturated carbocycles. The van der Waals surface area contributed by atoms with Crippen molar-refractivity contribution >= 4 is 33.7 Å². The number of aromatic nitrogens is 2. The van der Waals surface area contributed by atoms with E-state index in [1.165, 1.54) is 11.8 Å². The molecule has 27 heavy (non-hydrogen) atoms. The van der Waals surface area contributed by atoms with Gasteiger partial charge in [0, 0.05) is 23.9 Å². The van der Waals surface area contributed by atoms with Crippen LogP contribution in [0, 0.1) is 0 Å². The third kappa shape index (κ3) is 3.61. The third-order valence-electron chi connectivity index (χ3n) is 4.09. The molecule has 0 saturated heterocycles. The average Bonchev–Trinajstić information content (AvgIpc) is 3.34. The first kappa shape index (κ1) is 17.4. The second kappa shape index (κ2) is 7.32. The smallest absolute Gasteiger partial charge is 0.252 e.